The van der Waals surface area contributed by atoms with Gasteiger partial charge in [-0.1, -0.05) is 11.6 Å². The van der Waals surface area contributed by atoms with Gasteiger partial charge in [0, 0.05) is 22.8 Å². The zero-order chi connectivity index (χ0) is 15.6. The molecule has 1 N–H and O–H groups in total. The summed E-state index contributed by atoms with van der Waals surface area (Å²) in [5.74, 6) is -1.43. The van der Waals surface area contributed by atoms with Gasteiger partial charge in [-0.2, -0.15) is 4.98 Å². The van der Waals surface area contributed by atoms with Crippen LogP contribution in [0.1, 0.15) is 16.2 Å². The molecule has 0 atom stereocenters. The van der Waals surface area contributed by atoms with Crippen molar-refractivity contribution in [1.82, 2.24) is 9.97 Å². The first-order valence-corrected chi connectivity index (χ1v) is 5.95. The number of carbonyl (C=O) groups is 1. The molecule has 0 bridgehead atoms. The number of nitro groups is 1. The average Bonchev–Trinajstić information content (AvgIpc) is 2.37. The molecule has 2 rings (SSSR count). The minimum absolute atomic E-state index is 0.172. The highest BCUT2D eigenvalue weighted by atomic mass is 35.5. The summed E-state index contributed by atoms with van der Waals surface area (Å²) in [6.45, 7) is 1.55. The van der Waals surface area contributed by atoms with Gasteiger partial charge >= 0.3 is 17.7 Å². The Hall–Kier alpha value is -2.74. The van der Waals surface area contributed by atoms with Crippen molar-refractivity contribution >= 4 is 23.3 Å². The Labute approximate surface area is 123 Å². The van der Waals surface area contributed by atoms with Gasteiger partial charge in [0.05, 0.1) is 4.92 Å². The number of aromatic carboxylic acids is 1. The lowest BCUT2D eigenvalue weighted by Gasteiger charge is -2.06. The fraction of sp³-hybridized carbons (Fsp3) is 0.0833. The number of carboxylic acid groups (broad SMARTS) is 1. The summed E-state index contributed by atoms with van der Waals surface area (Å²) in [6, 6.07) is 4.68. The van der Waals surface area contributed by atoms with Gasteiger partial charge in [-0.25, -0.2) is 9.78 Å². The van der Waals surface area contributed by atoms with Gasteiger partial charge in [-0.15, -0.1) is 0 Å². The van der Waals surface area contributed by atoms with Crippen molar-refractivity contribution in [3.05, 3.63) is 50.8 Å². The van der Waals surface area contributed by atoms with Gasteiger partial charge in [0.1, 0.15) is 0 Å². The molecule has 0 aliphatic heterocycles. The summed E-state index contributed by atoms with van der Waals surface area (Å²) in [5, 5.41) is 20.0. The van der Waals surface area contributed by atoms with Crippen molar-refractivity contribution in [2.75, 3.05) is 0 Å². The SMILES string of the molecule is Cc1cc(C(=O)O)nc(Oc2cc(Cl)ccc2[N+](=O)[O-])n1. The highest BCUT2D eigenvalue weighted by Crippen LogP contribution is 2.32. The van der Waals surface area contributed by atoms with Gasteiger partial charge in [0.15, 0.2) is 5.69 Å². The Kier molecular flexibility index (Phi) is 3.99. The number of nitrogens with zero attached hydrogens (tertiary/aromatic N) is 3. The van der Waals surface area contributed by atoms with E-state index in [2.05, 4.69) is 9.97 Å². The largest absolute Gasteiger partial charge is 0.477 e. The zero-order valence-corrected chi connectivity index (χ0v) is 11.4. The predicted molar refractivity (Wildman–Crippen MR) is 71.9 cm³/mol. The highest BCUT2D eigenvalue weighted by molar-refractivity contribution is 6.30. The van der Waals surface area contributed by atoms with E-state index < -0.39 is 10.9 Å². The van der Waals surface area contributed by atoms with Crippen LogP contribution in [0.4, 0.5) is 5.69 Å². The quantitative estimate of drug-likeness (QED) is 0.681. The Morgan fingerprint density at radius 1 is 1.38 bits per heavy atom. The summed E-state index contributed by atoms with van der Waals surface area (Å²) >= 11 is 5.76. The second-order valence-electron chi connectivity index (χ2n) is 3.95. The molecule has 0 radical (unpaired) electrons. The van der Waals surface area contributed by atoms with Crippen LogP contribution in [0.15, 0.2) is 24.3 Å². The van der Waals surface area contributed by atoms with Crippen molar-refractivity contribution < 1.29 is 19.6 Å². The number of halogens is 1. The van der Waals surface area contributed by atoms with Crippen molar-refractivity contribution in [2.24, 2.45) is 0 Å². The number of benzene rings is 1. The smallest absolute Gasteiger partial charge is 0.354 e. The van der Waals surface area contributed by atoms with E-state index in [1.807, 2.05) is 0 Å². The standard InChI is InChI=1S/C12H8ClN3O5/c1-6-4-8(11(17)18)15-12(14-6)21-10-5-7(13)2-3-9(10)16(19)20/h2-5H,1H3,(H,17,18). The van der Waals surface area contributed by atoms with Crippen LogP contribution in [0, 0.1) is 17.0 Å². The average molecular weight is 310 g/mol. The molecule has 1 aromatic heterocycles. The normalized spacial score (nSPS) is 10.2. The lowest BCUT2D eigenvalue weighted by atomic mass is 10.3. The molecule has 1 aromatic carbocycles. The van der Waals surface area contributed by atoms with Crippen LogP contribution in [0.3, 0.4) is 0 Å². The molecule has 21 heavy (non-hydrogen) atoms. The van der Waals surface area contributed by atoms with E-state index in [9.17, 15) is 14.9 Å². The molecule has 0 fully saturated rings. The van der Waals surface area contributed by atoms with Crippen molar-refractivity contribution in [1.29, 1.82) is 0 Å². The van der Waals surface area contributed by atoms with Gasteiger partial charge < -0.3 is 9.84 Å². The van der Waals surface area contributed by atoms with E-state index in [-0.39, 0.29) is 28.2 Å². The maximum Gasteiger partial charge on any atom is 0.354 e. The number of hydrogen-bond acceptors (Lipinski definition) is 6. The third kappa shape index (κ3) is 3.42. The number of hydrogen-bond donors (Lipinski definition) is 1. The maximum absolute atomic E-state index is 10.9. The molecule has 108 valence electrons. The Morgan fingerprint density at radius 2 is 2.10 bits per heavy atom. The maximum atomic E-state index is 10.9. The summed E-state index contributed by atoms with van der Waals surface area (Å²) in [6.07, 6.45) is 0. The first-order valence-electron chi connectivity index (χ1n) is 5.57. The molecule has 0 aliphatic carbocycles. The molecule has 8 nitrogen and oxygen atoms in total. The lowest BCUT2D eigenvalue weighted by Crippen LogP contribution is -2.05. The van der Waals surface area contributed by atoms with E-state index >= 15 is 0 Å². The van der Waals surface area contributed by atoms with Crippen molar-refractivity contribution in [3.63, 3.8) is 0 Å². The molecule has 2 aromatic rings. The summed E-state index contributed by atoms with van der Waals surface area (Å²) in [4.78, 5) is 28.7. The van der Waals surface area contributed by atoms with E-state index in [1.54, 1.807) is 6.92 Å². The molecular formula is C12H8ClN3O5. The van der Waals surface area contributed by atoms with Crippen LogP contribution in [-0.2, 0) is 0 Å². The molecule has 0 aliphatic rings. The monoisotopic (exact) mass is 309 g/mol. The molecule has 0 saturated heterocycles. The van der Waals surface area contributed by atoms with Crippen LogP contribution in [0.2, 0.25) is 5.02 Å². The van der Waals surface area contributed by atoms with Gasteiger partial charge in [0.25, 0.3) is 0 Å². The van der Waals surface area contributed by atoms with Crippen LogP contribution >= 0.6 is 11.6 Å². The third-order valence-corrected chi connectivity index (χ3v) is 2.61. The third-order valence-electron chi connectivity index (χ3n) is 2.37. The molecule has 0 spiro atoms. The minimum atomic E-state index is -1.26. The highest BCUT2D eigenvalue weighted by Gasteiger charge is 2.18. The number of aryl methyl sites for hydroxylation is 1. The van der Waals surface area contributed by atoms with E-state index in [0.29, 0.717) is 5.69 Å². The summed E-state index contributed by atoms with van der Waals surface area (Å²) < 4.78 is 5.21. The fourth-order valence-electron chi connectivity index (χ4n) is 1.52. The van der Waals surface area contributed by atoms with E-state index in [0.717, 1.165) is 0 Å². The minimum Gasteiger partial charge on any atom is -0.477 e. The number of rotatable bonds is 4. The van der Waals surface area contributed by atoms with E-state index in [1.165, 1.54) is 24.3 Å². The molecule has 1 heterocycles. The molecular weight excluding hydrogens is 302 g/mol. The van der Waals surface area contributed by atoms with E-state index in [4.69, 9.17) is 21.4 Å². The number of aromatic nitrogens is 2. The Bertz CT molecular complexity index is 735. The Morgan fingerprint density at radius 3 is 2.71 bits per heavy atom. The van der Waals surface area contributed by atoms with Gasteiger partial charge in [-0.3, -0.25) is 10.1 Å². The van der Waals surface area contributed by atoms with Gasteiger partial charge in [-0.05, 0) is 19.1 Å². The molecule has 0 unspecified atom stereocenters. The zero-order valence-electron chi connectivity index (χ0n) is 10.6. The second-order valence-corrected chi connectivity index (χ2v) is 4.39. The number of nitro benzene ring substituents is 1. The van der Waals surface area contributed by atoms with Crippen LogP contribution in [0.25, 0.3) is 0 Å². The van der Waals surface area contributed by atoms with Crippen LogP contribution in [0.5, 0.6) is 11.8 Å². The Balaban J connectivity index is 2.45. The van der Waals surface area contributed by atoms with Crippen molar-refractivity contribution in [2.45, 2.75) is 6.92 Å². The molecule has 0 saturated carbocycles. The first-order chi connectivity index (χ1) is 9.86. The first kappa shape index (κ1) is 14.7. The lowest BCUT2D eigenvalue weighted by molar-refractivity contribution is -0.385. The van der Waals surface area contributed by atoms with Crippen LogP contribution in [-0.4, -0.2) is 26.0 Å². The number of ether oxygens (including phenoxy) is 1. The molecule has 0 amide bonds. The fourth-order valence-corrected chi connectivity index (χ4v) is 1.68. The topological polar surface area (TPSA) is 115 Å². The molecule has 9 heteroatoms. The van der Waals surface area contributed by atoms with Crippen LogP contribution < -0.4 is 4.74 Å². The van der Waals surface area contributed by atoms with Gasteiger partial charge in [0.2, 0.25) is 5.75 Å². The second kappa shape index (κ2) is 5.71. The number of carboxylic acids is 1. The summed E-state index contributed by atoms with van der Waals surface area (Å²) in [7, 11) is 0. The summed E-state index contributed by atoms with van der Waals surface area (Å²) in [5.41, 5.74) is -0.259. The van der Waals surface area contributed by atoms with Crippen molar-refractivity contribution in [3.8, 4) is 11.8 Å². The predicted octanol–water partition coefficient (Wildman–Crippen LogP) is 2.84.